The number of hydrogen-bond donors (Lipinski definition) is 0. The van der Waals surface area contributed by atoms with Crippen LogP contribution >= 0.6 is 0 Å². The van der Waals surface area contributed by atoms with Gasteiger partial charge in [0.15, 0.2) is 0 Å². The fourth-order valence-electron chi connectivity index (χ4n) is 4.14. The van der Waals surface area contributed by atoms with Gasteiger partial charge >= 0.3 is 0 Å². The van der Waals surface area contributed by atoms with Crippen LogP contribution in [0.25, 0.3) is 0 Å². The molecule has 1 aliphatic heterocycles. The van der Waals surface area contributed by atoms with Crippen molar-refractivity contribution in [2.24, 2.45) is 22.7 Å². The van der Waals surface area contributed by atoms with Gasteiger partial charge in [-0.25, -0.2) is 0 Å². The molecule has 2 unspecified atom stereocenters. The van der Waals surface area contributed by atoms with Crippen LogP contribution < -0.4 is 0 Å². The summed E-state index contributed by atoms with van der Waals surface area (Å²) in [6.07, 6.45) is 10.2. The average molecular weight is 258 g/mol. The maximum Gasteiger partial charge on any atom is 0.109 e. The molecule has 3 aliphatic rings. The molecule has 104 valence electrons. The van der Waals surface area contributed by atoms with Gasteiger partial charge in [-0.15, -0.1) is 0 Å². The molecule has 19 heavy (non-hydrogen) atoms. The van der Waals surface area contributed by atoms with Crippen LogP contribution in [0.15, 0.2) is 35.6 Å². The number of rotatable bonds is 0. The van der Waals surface area contributed by atoms with E-state index >= 15 is 0 Å². The van der Waals surface area contributed by atoms with Crippen molar-refractivity contribution in [3.05, 3.63) is 35.6 Å². The van der Waals surface area contributed by atoms with Crippen molar-refractivity contribution in [1.29, 1.82) is 0 Å². The van der Waals surface area contributed by atoms with Crippen molar-refractivity contribution in [2.75, 3.05) is 0 Å². The molecule has 0 saturated carbocycles. The van der Waals surface area contributed by atoms with Gasteiger partial charge in [0.1, 0.15) is 11.4 Å². The highest BCUT2D eigenvalue weighted by Crippen LogP contribution is 2.64. The Hall–Kier alpha value is -0.980. The largest absolute Gasteiger partial charge is 0.491 e. The molecule has 1 nitrogen and oxygen atoms in total. The van der Waals surface area contributed by atoms with Gasteiger partial charge in [-0.05, 0) is 43.3 Å². The molecule has 1 fully saturated rings. The van der Waals surface area contributed by atoms with Gasteiger partial charge in [0.05, 0.1) is 0 Å². The second-order valence-corrected chi connectivity index (χ2v) is 7.92. The van der Waals surface area contributed by atoms with E-state index in [1.165, 1.54) is 11.3 Å². The summed E-state index contributed by atoms with van der Waals surface area (Å²) in [5.74, 6) is 2.35. The summed E-state index contributed by atoms with van der Waals surface area (Å²) >= 11 is 0. The fraction of sp³-hybridized carbons (Fsp3) is 0.667. The Morgan fingerprint density at radius 3 is 2.47 bits per heavy atom. The third-order valence-electron chi connectivity index (χ3n) is 6.53. The molecular weight excluding hydrogens is 232 g/mol. The highest BCUT2D eigenvalue weighted by Gasteiger charge is 2.61. The monoisotopic (exact) mass is 258 g/mol. The van der Waals surface area contributed by atoms with Gasteiger partial charge in [0.25, 0.3) is 0 Å². The minimum Gasteiger partial charge on any atom is -0.491 e. The third-order valence-corrected chi connectivity index (χ3v) is 6.53. The van der Waals surface area contributed by atoms with E-state index in [-0.39, 0.29) is 16.4 Å². The lowest BCUT2D eigenvalue weighted by Crippen LogP contribution is -2.58. The smallest absolute Gasteiger partial charge is 0.109 e. The molecule has 2 atom stereocenters. The van der Waals surface area contributed by atoms with Crippen LogP contribution in [0.3, 0.4) is 0 Å². The lowest BCUT2D eigenvalue weighted by Gasteiger charge is -2.60. The first kappa shape index (κ1) is 13.0. The van der Waals surface area contributed by atoms with Crippen LogP contribution in [0.1, 0.15) is 48.0 Å². The van der Waals surface area contributed by atoms with Gasteiger partial charge in [-0.3, -0.25) is 0 Å². The van der Waals surface area contributed by atoms with Crippen molar-refractivity contribution in [3.63, 3.8) is 0 Å². The van der Waals surface area contributed by atoms with E-state index in [4.69, 9.17) is 4.74 Å². The van der Waals surface area contributed by atoms with Crippen molar-refractivity contribution >= 4 is 0 Å². The fourth-order valence-corrected chi connectivity index (χ4v) is 4.14. The summed E-state index contributed by atoms with van der Waals surface area (Å²) in [6.45, 7) is 14.1. The number of hydrogen-bond acceptors (Lipinski definition) is 1. The molecule has 0 bridgehead atoms. The summed E-state index contributed by atoms with van der Waals surface area (Å²) in [5.41, 5.74) is 1.70. The maximum atomic E-state index is 6.43. The Morgan fingerprint density at radius 2 is 1.79 bits per heavy atom. The van der Waals surface area contributed by atoms with Crippen molar-refractivity contribution < 1.29 is 4.74 Å². The molecule has 0 aromatic rings. The Kier molecular flexibility index (Phi) is 2.44. The first-order chi connectivity index (χ1) is 8.68. The molecule has 1 heteroatoms. The Labute approximate surface area is 117 Å². The lowest BCUT2D eigenvalue weighted by molar-refractivity contribution is -0.190. The highest BCUT2D eigenvalue weighted by atomic mass is 16.5. The number of allylic oxidation sites excluding steroid dienone is 6. The predicted molar refractivity (Wildman–Crippen MR) is 79.6 cm³/mol. The minimum absolute atomic E-state index is 0.125. The molecule has 0 spiro atoms. The summed E-state index contributed by atoms with van der Waals surface area (Å²) in [4.78, 5) is 0. The molecule has 0 amide bonds. The van der Waals surface area contributed by atoms with Gasteiger partial charge < -0.3 is 4.74 Å². The molecule has 1 saturated heterocycles. The van der Waals surface area contributed by atoms with E-state index in [0.29, 0.717) is 11.8 Å². The van der Waals surface area contributed by atoms with E-state index < -0.39 is 0 Å². The van der Waals surface area contributed by atoms with Crippen LogP contribution in [0.2, 0.25) is 0 Å². The highest BCUT2D eigenvalue weighted by molar-refractivity contribution is 5.42. The molecule has 0 N–H and O–H groups in total. The van der Waals surface area contributed by atoms with Crippen LogP contribution in [-0.4, -0.2) is 5.60 Å². The molecule has 1 heterocycles. The molecule has 3 rings (SSSR count). The van der Waals surface area contributed by atoms with Crippen molar-refractivity contribution in [1.82, 2.24) is 0 Å². The minimum atomic E-state index is -0.125. The molecule has 0 radical (unpaired) electrons. The SMILES string of the molecule is CC1(C)OC2=CC3=CC=CCC3C2C(C)(C)C1(C)C. The summed E-state index contributed by atoms with van der Waals surface area (Å²) in [6, 6.07) is 0. The lowest BCUT2D eigenvalue weighted by atomic mass is 9.51. The van der Waals surface area contributed by atoms with E-state index in [0.717, 1.165) is 6.42 Å². The molecule has 2 aliphatic carbocycles. The summed E-state index contributed by atoms with van der Waals surface area (Å²) in [7, 11) is 0. The van der Waals surface area contributed by atoms with Crippen molar-refractivity contribution in [2.45, 2.75) is 53.6 Å². The quantitative estimate of drug-likeness (QED) is 0.602. The molecular formula is C18H26O. The zero-order valence-electron chi connectivity index (χ0n) is 13.1. The van der Waals surface area contributed by atoms with Crippen molar-refractivity contribution in [3.8, 4) is 0 Å². The summed E-state index contributed by atoms with van der Waals surface area (Å²) < 4.78 is 6.43. The second kappa shape index (κ2) is 3.56. The van der Waals surface area contributed by atoms with E-state index in [1.807, 2.05) is 0 Å². The van der Waals surface area contributed by atoms with Gasteiger partial charge in [0.2, 0.25) is 0 Å². The van der Waals surface area contributed by atoms with Crippen LogP contribution in [0, 0.1) is 22.7 Å². The molecule has 0 aromatic carbocycles. The maximum absolute atomic E-state index is 6.43. The third kappa shape index (κ3) is 1.48. The van der Waals surface area contributed by atoms with Gasteiger partial charge in [-0.1, -0.05) is 45.9 Å². The average Bonchev–Trinajstić information content (AvgIpc) is 2.64. The van der Waals surface area contributed by atoms with Crippen LogP contribution in [0.5, 0.6) is 0 Å². The predicted octanol–water partition coefficient (Wildman–Crippen LogP) is 4.86. The van der Waals surface area contributed by atoms with Crippen LogP contribution in [0.4, 0.5) is 0 Å². The van der Waals surface area contributed by atoms with Gasteiger partial charge in [0, 0.05) is 11.3 Å². The number of fused-ring (bicyclic) bond motifs is 3. The topological polar surface area (TPSA) is 9.23 Å². The normalized spacial score (nSPS) is 36.7. The van der Waals surface area contributed by atoms with Crippen LogP contribution in [-0.2, 0) is 4.74 Å². The summed E-state index contributed by atoms with van der Waals surface area (Å²) in [5, 5.41) is 0. The Bertz CT molecular complexity index is 500. The Balaban J connectivity index is 2.12. The second-order valence-electron chi connectivity index (χ2n) is 7.92. The van der Waals surface area contributed by atoms with E-state index in [1.54, 1.807) is 0 Å². The van der Waals surface area contributed by atoms with E-state index in [2.05, 4.69) is 65.8 Å². The zero-order valence-corrected chi connectivity index (χ0v) is 13.1. The Morgan fingerprint density at radius 1 is 1.11 bits per heavy atom. The first-order valence-electron chi connectivity index (χ1n) is 7.46. The first-order valence-corrected chi connectivity index (χ1v) is 7.46. The standard InChI is InChI=1S/C18H26O/c1-16(2)15-13-10-8-7-9-12(13)11-14(15)19-18(5,6)17(16,3)4/h7-9,11,13,15H,10H2,1-6H3. The number of ether oxygens (including phenoxy) is 1. The van der Waals surface area contributed by atoms with Gasteiger partial charge in [-0.2, -0.15) is 0 Å². The molecule has 0 aromatic heterocycles. The zero-order chi connectivity index (χ0) is 14.1. The van der Waals surface area contributed by atoms with E-state index in [9.17, 15) is 0 Å².